The molecule has 2 aromatic rings. The molecule has 0 aliphatic carbocycles. The van der Waals surface area contributed by atoms with Crippen LogP contribution in [0.3, 0.4) is 0 Å². The summed E-state index contributed by atoms with van der Waals surface area (Å²) in [4.78, 5) is 28.9. The van der Waals surface area contributed by atoms with E-state index in [1.807, 2.05) is 4.90 Å². The molecule has 1 unspecified atom stereocenters. The third kappa shape index (κ3) is 3.20. The molecule has 2 fully saturated rings. The molecule has 2 aliphatic heterocycles. The number of carbonyl (C=O) groups excluding carboxylic acids is 2. The highest BCUT2D eigenvalue weighted by Gasteiger charge is 2.48. The topological polar surface area (TPSA) is 122 Å². The number of piperidine rings is 1. The molecule has 4 heterocycles. The number of nitrogens with zero attached hydrogens (tertiary/aromatic N) is 7. The number of hydrogen-bond donors (Lipinski definition) is 1. The van der Waals surface area contributed by atoms with Gasteiger partial charge in [0.1, 0.15) is 17.5 Å². The van der Waals surface area contributed by atoms with Gasteiger partial charge in [0, 0.05) is 32.0 Å². The molecule has 2 aliphatic rings. The number of ether oxygens (including phenoxy) is 1. The number of H-pyrrole nitrogens is 1. The lowest BCUT2D eigenvalue weighted by Crippen LogP contribution is -2.49. The Morgan fingerprint density at radius 3 is 2.86 bits per heavy atom. The van der Waals surface area contributed by atoms with Gasteiger partial charge in [-0.3, -0.25) is 9.89 Å². The number of rotatable bonds is 5. The maximum atomic E-state index is 13.0. The van der Waals surface area contributed by atoms with Gasteiger partial charge in [-0.05, 0) is 23.8 Å². The molecule has 0 saturated carbocycles. The van der Waals surface area contributed by atoms with Gasteiger partial charge in [0.15, 0.2) is 5.82 Å². The summed E-state index contributed by atoms with van der Waals surface area (Å²) in [5.41, 5.74) is -0.0878. The number of amides is 2. The molecule has 2 aromatic heterocycles. The van der Waals surface area contributed by atoms with Crippen molar-refractivity contribution in [2.24, 2.45) is 0 Å². The smallest absolute Gasteiger partial charge is 0.410 e. The highest BCUT2D eigenvalue weighted by molar-refractivity contribution is 5.97. The molecule has 1 spiro atoms. The fourth-order valence-corrected chi connectivity index (χ4v) is 3.98. The van der Waals surface area contributed by atoms with Crippen molar-refractivity contribution in [3.05, 3.63) is 18.1 Å². The van der Waals surface area contributed by atoms with Crippen LogP contribution in [-0.2, 0) is 4.74 Å². The number of carbonyl (C=O) groups is 2. The van der Waals surface area contributed by atoms with Crippen molar-refractivity contribution in [2.45, 2.75) is 51.2 Å². The van der Waals surface area contributed by atoms with Crippen molar-refractivity contribution in [3.63, 3.8) is 0 Å². The molecule has 2 amide bonds. The zero-order valence-corrected chi connectivity index (χ0v) is 16.0. The molecular weight excluding hydrogens is 364 g/mol. The number of tetrazole rings is 1. The molecule has 0 radical (unpaired) electrons. The third-order valence-electron chi connectivity index (χ3n) is 5.62. The van der Waals surface area contributed by atoms with Gasteiger partial charge in [0.25, 0.3) is 5.91 Å². The van der Waals surface area contributed by atoms with Crippen LogP contribution in [0.1, 0.15) is 49.9 Å². The zero-order chi connectivity index (χ0) is 19.7. The molecule has 0 bridgehead atoms. The molecule has 1 N–H and O–H groups in total. The van der Waals surface area contributed by atoms with Crippen LogP contribution in [0.25, 0.3) is 5.82 Å². The van der Waals surface area contributed by atoms with E-state index >= 15 is 0 Å². The van der Waals surface area contributed by atoms with E-state index < -0.39 is 5.60 Å². The van der Waals surface area contributed by atoms with Crippen LogP contribution >= 0.6 is 0 Å². The van der Waals surface area contributed by atoms with E-state index in [1.54, 1.807) is 4.90 Å². The van der Waals surface area contributed by atoms with E-state index in [4.69, 9.17) is 4.74 Å². The SMILES string of the molecule is CCCC(C)N1CC2(CCN(C(=O)c3cn[nH]c3-n3cnnn3)CC2)OC1=O. The van der Waals surface area contributed by atoms with E-state index in [1.165, 1.54) is 17.2 Å². The van der Waals surface area contributed by atoms with Crippen LogP contribution in [0, 0.1) is 0 Å². The molecule has 1 atom stereocenters. The van der Waals surface area contributed by atoms with Gasteiger partial charge >= 0.3 is 6.09 Å². The molecule has 150 valence electrons. The Kier molecular flexibility index (Phi) is 4.73. The van der Waals surface area contributed by atoms with Crippen LogP contribution in [0.5, 0.6) is 0 Å². The monoisotopic (exact) mass is 388 g/mol. The summed E-state index contributed by atoms with van der Waals surface area (Å²) in [6.45, 7) is 5.79. The average Bonchev–Trinajstić information content (AvgIpc) is 3.42. The summed E-state index contributed by atoms with van der Waals surface area (Å²) in [6, 6.07) is 0.168. The van der Waals surface area contributed by atoms with Crippen LogP contribution in [0.2, 0.25) is 0 Å². The number of likely N-dealkylation sites (tertiary alicyclic amines) is 1. The first-order valence-corrected chi connectivity index (χ1v) is 9.58. The summed E-state index contributed by atoms with van der Waals surface area (Å²) in [5, 5.41) is 17.7. The lowest BCUT2D eigenvalue weighted by Gasteiger charge is -2.37. The second-order valence-electron chi connectivity index (χ2n) is 7.50. The summed E-state index contributed by atoms with van der Waals surface area (Å²) < 4.78 is 7.14. The standard InChI is InChI=1S/C17H24N8O3/c1-3-4-12(2)24-10-17(28-16(24)27)5-7-23(8-6-17)15(26)13-9-18-20-14(13)25-11-19-21-22-25/h9,11-12H,3-8,10H2,1-2H3,(H,18,20). The fraction of sp³-hybridized carbons (Fsp3) is 0.647. The minimum Gasteiger partial charge on any atom is -0.441 e. The molecule has 11 heteroatoms. The quantitative estimate of drug-likeness (QED) is 0.811. The lowest BCUT2D eigenvalue weighted by molar-refractivity contribution is 0.00307. The largest absolute Gasteiger partial charge is 0.441 e. The first-order valence-electron chi connectivity index (χ1n) is 9.58. The Labute approximate surface area is 162 Å². The van der Waals surface area contributed by atoms with Crippen molar-refractivity contribution < 1.29 is 14.3 Å². The Hall–Kier alpha value is -2.98. The first kappa shape index (κ1) is 18.4. The number of hydrogen-bond acceptors (Lipinski definition) is 7. The Balaban J connectivity index is 1.42. The summed E-state index contributed by atoms with van der Waals surface area (Å²) in [5.74, 6) is 0.289. The number of aromatic nitrogens is 6. The van der Waals surface area contributed by atoms with E-state index in [9.17, 15) is 9.59 Å². The van der Waals surface area contributed by atoms with Gasteiger partial charge in [0.2, 0.25) is 0 Å². The minimum absolute atomic E-state index is 0.144. The van der Waals surface area contributed by atoms with Crippen molar-refractivity contribution in [3.8, 4) is 5.82 Å². The van der Waals surface area contributed by atoms with Crippen molar-refractivity contribution in [1.82, 2.24) is 40.2 Å². The molecular formula is C17H24N8O3. The maximum Gasteiger partial charge on any atom is 0.410 e. The van der Waals surface area contributed by atoms with Crippen LogP contribution < -0.4 is 0 Å². The van der Waals surface area contributed by atoms with Crippen molar-refractivity contribution in [1.29, 1.82) is 0 Å². The van der Waals surface area contributed by atoms with Crippen LogP contribution in [-0.4, -0.2) is 83.5 Å². The highest BCUT2D eigenvalue weighted by atomic mass is 16.6. The summed E-state index contributed by atoms with van der Waals surface area (Å²) >= 11 is 0. The Bertz CT molecular complexity index is 840. The van der Waals surface area contributed by atoms with E-state index in [0.29, 0.717) is 43.9 Å². The Morgan fingerprint density at radius 1 is 1.39 bits per heavy atom. The average molecular weight is 388 g/mol. The summed E-state index contributed by atoms with van der Waals surface area (Å²) in [7, 11) is 0. The maximum absolute atomic E-state index is 13.0. The van der Waals surface area contributed by atoms with Crippen LogP contribution in [0.15, 0.2) is 12.5 Å². The minimum atomic E-state index is -0.495. The molecule has 11 nitrogen and oxygen atoms in total. The van der Waals surface area contributed by atoms with E-state index in [-0.39, 0.29) is 18.0 Å². The number of aromatic amines is 1. The number of nitrogens with one attached hydrogen (secondary N) is 1. The van der Waals surface area contributed by atoms with Gasteiger partial charge in [-0.25, -0.2) is 4.79 Å². The predicted molar refractivity (Wildman–Crippen MR) is 96.7 cm³/mol. The second-order valence-corrected chi connectivity index (χ2v) is 7.50. The van der Waals surface area contributed by atoms with E-state index in [2.05, 4.69) is 39.6 Å². The zero-order valence-electron chi connectivity index (χ0n) is 16.0. The molecule has 28 heavy (non-hydrogen) atoms. The molecule has 0 aromatic carbocycles. The third-order valence-corrected chi connectivity index (χ3v) is 5.62. The van der Waals surface area contributed by atoms with Gasteiger partial charge in [-0.15, -0.1) is 5.10 Å². The van der Waals surface area contributed by atoms with Crippen LogP contribution in [0.4, 0.5) is 4.79 Å². The predicted octanol–water partition coefficient (Wildman–Crippen LogP) is 1.00. The van der Waals surface area contributed by atoms with Crippen molar-refractivity contribution >= 4 is 12.0 Å². The van der Waals surface area contributed by atoms with Gasteiger partial charge in [0.05, 0.1) is 12.7 Å². The summed E-state index contributed by atoms with van der Waals surface area (Å²) in [6.07, 6.45) is 5.87. The second kappa shape index (κ2) is 7.21. The lowest BCUT2D eigenvalue weighted by atomic mass is 9.90. The van der Waals surface area contributed by atoms with Gasteiger partial charge in [-0.2, -0.15) is 9.78 Å². The van der Waals surface area contributed by atoms with Gasteiger partial charge in [-0.1, -0.05) is 13.3 Å². The molecule has 2 saturated heterocycles. The first-order chi connectivity index (χ1) is 13.5. The molecule has 4 rings (SSSR count). The normalized spacial score (nSPS) is 19.9. The van der Waals surface area contributed by atoms with E-state index in [0.717, 1.165) is 12.8 Å². The van der Waals surface area contributed by atoms with Gasteiger partial charge < -0.3 is 14.5 Å². The highest BCUT2D eigenvalue weighted by Crippen LogP contribution is 2.35. The fourth-order valence-electron chi connectivity index (χ4n) is 3.98. The Morgan fingerprint density at radius 2 is 2.18 bits per heavy atom. The van der Waals surface area contributed by atoms with Crippen molar-refractivity contribution in [2.75, 3.05) is 19.6 Å².